The fourth-order valence-electron chi connectivity index (χ4n) is 11.8. The molecule has 0 N–H and O–H groups in total. The molecular formula is C22H30O2. The molecule has 8 aliphatic rings. The van der Waals surface area contributed by atoms with Crippen molar-refractivity contribution in [1.29, 1.82) is 0 Å². The van der Waals surface area contributed by atoms with Gasteiger partial charge in [-0.2, -0.15) is 0 Å². The van der Waals surface area contributed by atoms with Crippen molar-refractivity contribution in [1.82, 2.24) is 0 Å². The summed E-state index contributed by atoms with van der Waals surface area (Å²) in [5.74, 6) is 9.83. The third kappa shape index (κ3) is 1.00. The zero-order valence-corrected chi connectivity index (χ0v) is 15.0. The largest absolute Gasteiger partial charge is 0.377 e. The van der Waals surface area contributed by atoms with Gasteiger partial charge in [0, 0.05) is 0 Å². The molecule has 6 aliphatic carbocycles. The molecule has 2 heteroatoms. The Kier molecular flexibility index (Phi) is 1.93. The van der Waals surface area contributed by atoms with Gasteiger partial charge in [0.25, 0.3) is 0 Å². The average molecular weight is 326 g/mol. The van der Waals surface area contributed by atoms with E-state index in [1.165, 1.54) is 25.7 Å². The number of rotatable bonds is 0. The topological polar surface area (TPSA) is 18.5 Å². The Balaban J connectivity index is 1.43. The summed E-state index contributed by atoms with van der Waals surface area (Å²) in [5, 5.41) is 0. The molecule has 0 aromatic heterocycles. The maximum absolute atomic E-state index is 6.62. The number of ether oxygens (including phenoxy) is 2. The number of fused-ring (bicyclic) bond motifs is 4. The molecule has 0 aromatic rings. The number of hydrogen-bond acceptors (Lipinski definition) is 2. The molecule has 0 amide bonds. The van der Waals surface area contributed by atoms with E-state index in [0.29, 0.717) is 23.0 Å². The SMILES string of the molecule is C[C@@]12COC3CCC4C3C1C1C3C2C2CCC5OC[C@@](C)(C41)C3C52. The van der Waals surface area contributed by atoms with Crippen molar-refractivity contribution in [3.63, 3.8) is 0 Å². The van der Waals surface area contributed by atoms with Gasteiger partial charge in [-0.05, 0) is 95.7 Å². The van der Waals surface area contributed by atoms with E-state index in [4.69, 9.17) is 9.47 Å². The first-order chi connectivity index (χ1) is 11.6. The second kappa shape index (κ2) is 3.52. The van der Waals surface area contributed by atoms with Gasteiger partial charge in [0.2, 0.25) is 0 Å². The summed E-state index contributed by atoms with van der Waals surface area (Å²) < 4.78 is 13.2. The summed E-state index contributed by atoms with van der Waals surface area (Å²) in [6.45, 7) is 7.54. The maximum Gasteiger partial charge on any atom is 0.0609 e. The van der Waals surface area contributed by atoms with Gasteiger partial charge in [-0.1, -0.05) is 13.8 Å². The molecule has 14 atom stereocenters. The van der Waals surface area contributed by atoms with Gasteiger partial charge in [-0.15, -0.1) is 0 Å². The van der Waals surface area contributed by atoms with E-state index in [0.717, 1.165) is 72.4 Å². The molecule has 6 saturated carbocycles. The molecule has 2 saturated heterocycles. The van der Waals surface area contributed by atoms with Crippen molar-refractivity contribution < 1.29 is 9.47 Å². The predicted molar refractivity (Wildman–Crippen MR) is 89.1 cm³/mol. The van der Waals surface area contributed by atoms with Crippen LogP contribution >= 0.6 is 0 Å². The van der Waals surface area contributed by atoms with E-state index in [1.54, 1.807) is 0 Å². The molecule has 8 fully saturated rings. The van der Waals surface area contributed by atoms with Crippen LogP contribution in [-0.2, 0) is 9.47 Å². The normalized spacial score (nSPS) is 78.2. The lowest BCUT2D eigenvalue weighted by Crippen LogP contribution is -2.50. The van der Waals surface area contributed by atoms with Gasteiger partial charge >= 0.3 is 0 Å². The highest BCUT2D eigenvalue weighted by molar-refractivity contribution is 5.31. The van der Waals surface area contributed by atoms with E-state index in [2.05, 4.69) is 13.8 Å². The molecule has 2 aliphatic heterocycles. The summed E-state index contributed by atoms with van der Waals surface area (Å²) in [7, 11) is 0. The molecule has 0 spiro atoms. The van der Waals surface area contributed by atoms with Crippen LogP contribution in [0.25, 0.3) is 0 Å². The maximum atomic E-state index is 6.62. The number of hydrogen-bond donors (Lipinski definition) is 0. The molecule has 8 rings (SSSR count). The summed E-state index contributed by atoms with van der Waals surface area (Å²) in [4.78, 5) is 0. The molecule has 130 valence electrons. The smallest absolute Gasteiger partial charge is 0.0609 e. The fraction of sp³-hybridized carbons (Fsp3) is 1.00. The Morgan fingerprint density at radius 2 is 1.04 bits per heavy atom. The van der Waals surface area contributed by atoms with E-state index in [1.807, 2.05) is 0 Å². The lowest BCUT2D eigenvalue weighted by atomic mass is 9.62. The van der Waals surface area contributed by atoms with E-state index in [9.17, 15) is 0 Å². The molecule has 2 heterocycles. The van der Waals surface area contributed by atoms with Gasteiger partial charge in [-0.25, -0.2) is 0 Å². The van der Waals surface area contributed by atoms with Crippen LogP contribution in [0, 0.1) is 70.0 Å². The zero-order valence-electron chi connectivity index (χ0n) is 15.0. The summed E-state index contributed by atoms with van der Waals surface area (Å²) in [6, 6.07) is 0. The van der Waals surface area contributed by atoms with Crippen LogP contribution < -0.4 is 0 Å². The quantitative estimate of drug-likeness (QED) is 0.677. The van der Waals surface area contributed by atoms with Crippen LogP contribution in [0.4, 0.5) is 0 Å². The van der Waals surface area contributed by atoms with Gasteiger partial charge < -0.3 is 9.47 Å². The van der Waals surface area contributed by atoms with Crippen LogP contribution in [0.15, 0.2) is 0 Å². The molecular weight excluding hydrogens is 296 g/mol. The third-order valence-electron chi connectivity index (χ3n) is 11.5. The van der Waals surface area contributed by atoms with Crippen LogP contribution in [-0.4, -0.2) is 25.4 Å². The first-order valence-corrected chi connectivity index (χ1v) is 10.9. The molecule has 0 aromatic carbocycles. The lowest BCUT2D eigenvalue weighted by molar-refractivity contribution is -0.143. The second-order valence-electron chi connectivity index (χ2n) is 11.6. The van der Waals surface area contributed by atoms with E-state index < -0.39 is 0 Å². The van der Waals surface area contributed by atoms with Crippen LogP contribution in [0.2, 0.25) is 0 Å². The minimum Gasteiger partial charge on any atom is -0.377 e. The van der Waals surface area contributed by atoms with Crippen molar-refractivity contribution >= 4 is 0 Å². The Hall–Kier alpha value is -0.0800. The second-order valence-corrected chi connectivity index (χ2v) is 11.6. The van der Waals surface area contributed by atoms with Crippen LogP contribution in [0.3, 0.4) is 0 Å². The highest BCUT2D eigenvalue weighted by Crippen LogP contribution is 2.86. The molecule has 12 unspecified atom stereocenters. The molecule has 24 heavy (non-hydrogen) atoms. The minimum absolute atomic E-state index is 0.506. The van der Waals surface area contributed by atoms with Crippen molar-refractivity contribution in [2.45, 2.75) is 51.7 Å². The van der Waals surface area contributed by atoms with Crippen molar-refractivity contribution in [2.24, 2.45) is 70.0 Å². The Morgan fingerprint density at radius 3 is 1.50 bits per heavy atom. The summed E-state index contributed by atoms with van der Waals surface area (Å²) in [5.41, 5.74) is 1.01. The van der Waals surface area contributed by atoms with Crippen molar-refractivity contribution in [2.75, 3.05) is 13.2 Å². The lowest BCUT2D eigenvalue weighted by Gasteiger charge is -2.49. The van der Waals surface area contributed by atoms with Crippen LogP contribution in [0.1, 0.15) is 39.5 Å². The highest BCUT2D eigenvalue weighted by Gasteiger charge is 2.84. The minimum atomic E-state index is 0.506. The van der Waals surface area contributed by atoms with Crippen LogP contribution in [0.5, 0.6) is 0 Å². The molecule has 2 nitrogen and oxygen atoms in total. The Labute approximate surface area is 145 Å². The van der Waals surface area contributed by atoms with Crippen molar-refractivity contribution in [3.8, 4) is 0 Å². The van der Waals surface area contributed by atoms with E-state index >= 15 is 0 Å². The first-order valence-electron chi connectivity index (χ1n) is 10.9. The van der Waals surface area contributed by atoms with E-state index in [-0.39, 0.29) is 0 Å². The van der Waals surface area contributed by atoms with Gasteiger partial charge in [-0.3, -0.25) is 0 Å². The van der Waals surface area contributed by atoms with Crippen molar-refractivity contribution in [3.05, 3.63) is 0 Å². The Bertz CT molecular complexity index is 604. The summed E-state index contributed by atoms with van der Waals surface area (Å²) in [6.07, 6.45) is 6.88. The Morgan fingerprint density at radius 1 is 0.583 bits per heavy atom. The first kappa shape index (κ1) is 13.1. The monoisotopic (exact) mass is 326 g/mol. The third-order valence-corrected chi connectivity index (χ3v) is 11.5. The zero-order chi connectivity index (χ0) is 15.6. The average Bonchev–Trinajstić information content (AvgIpc) is 3.30. The van der Waals surface area contributed by atoms with Gasteiger partial charge in [0.05, 0.1) is 25.4 Å². The molecule has 0 bridgehead atoms. The summed E-state index contributed by atoms with van der Waals surface area (Å²) >= 11 is 0. The standard InChI is InChI=1S/C22H30O2/c1-21-7-23-11-6-4-10-13(11)19(21)16-15-17(21)9-3-5-12-14(9)20(15)22(2,8-24-12)18(10)16/h9-20H,3-8H2,1-2H3/t9?,10?,11?,12?,13?,14?,15?,16?,17?,18?,19?,20?,21-,22-/m0/s1. The molecule has 0 radical (unpaired) electrons. The fourth-order valence-corrected chi connectivity index (χ4v) is 11.8. The van der Waals surface area contributed by atoms with Gasteiger partial charge in [0.15, 0.2) is 0 Å². The predicted octanol–water partition coefficient (Wildman–Crippen LogP) is 3.60. The highest BCUT2D eigenvalue weighted by atomic mass is 16.5. The van der Waals surface area contributed by atoms with Gasteiger partial charge in [0.1, 0.15) is 0 Å².